The molecule has 10 heteroatoms. The third-order valence-electron chi connectivity index (χ3n) is 5.92. The molecule has 1 aliphatic heterocycles. The molecule has 0 aliphatic carbocycles. The van der Waals surface area contributed by atoms with Crippen molar-refractivity contribution >= 4 is 45.8 Å². The van der Waals surface area contributed by atoms with E-state index in [1.165, 1.54) is 29.5 Å². The van der Waals surface area contributed by atoms with Gasteiger partial charge in [0.15, 0.2) is 0 Å². The molecule has 34 heavy (non-hydrogen) atoms. The molecule has 1 saturated heterocycles. The number of likely N-dealkylation sites (tertiary alicyclic amines) is 1. The van der Waals surface area contributed by atoms with E-state index < -0.39 is 11.7 Å². The number of H-pyrrole nitrogens is 1. The Kier molecular flexibility index (Phi) is 6.30. The summed E-state index contributed by atoms with van der Waals surface area (Å²) in [5.74, 6) is -0.451. The third-order valence-corrected chi connectivity index (χ3v) is 7.24. The van der Waals surface area contributed by atoms with Crippen LogP contribution in [0.2, 0.25) is 5.02 Å². The summed E-state index contributed by atoms with van der Waals surface area (Å²) in [6.45, 7) is 1.22. The second kappa shape index (κ2) is 9.52. The van der Waals surface area contributed by atoms with Crippen molar-refractivity contribution in [1.29, 1.82) is 0 Å². The first-order valence-corrected chi connectivity index (χ1v) is 12.2. The largest absolute Gasteiger partial charge is 0.343 e. The summed E-state index contributed by atoms with van der Waals surface area (Å²) in [6.07, 6.45) is 1.37. The number of amides is 2. The number of thiazole rings is 1. The first-order valence-electron chi connectivity index (χ1n) is 10.9. The van der Waals surface area contributed by atoms with Gasteiger partial charge in [-0.05, 0) is 37.1 Å². The molecule has 174 valence electrons. The molecular weight excluding hydrogens is 477 g/mol. The fourth-order valence-corrected chi connectivity index (χ4v) is 5.33. The summed E-state index contributed by atoms with van der Waals surface area (Å²) < 4.78 is 14.1. The van der Waals surface area contributed by atoms with E-state index in [4.69, 9.17) is 11.6 Å². The zero-order valence-corrected chi connectivity index (χ0v) is 19.6. The number of halogens is 2. The van der Waals surface area contributed by atoms with Crippen LogP contribution in [-0.4, -0.2) is 44.8 Å². The van der Waals surface area contributed by atoms with Crippen LogP contribution in [0.25, 0.3) is 11.0 Å². The second-order valence-corrected chi connectivity index (χ2v) is 9.41. The lowest BCUT2D eigenvalue weighted by atomic mass is 9.97. The molecule has 2 aromatic heterocycles. The molecule has 0 atom stereocenters. The van der Waals surface area contributed by atoms with Crippen molar-refractivity contribution in [3.05, 3.63) is 80.8 Å². The maximum atomic E-state index is 14.1. The number of rotatable bonds is 5. The Labute approximate surface area is 204 Å². The van der Waals surface area contributed by atoms with Crippen molar-refractivity contribution in [2.24, 2.45) is 0 Å². The number of carbonyl (C=O) groups excluding carboxylic acids is 2. The topological polar surface area (TPSA) is 91.0 Å². The van der Waals surface area contributed by atoms with Gasteiger partial charge >= 0.3 is 0 Å². The summed E-state index contributed by atoms with van der Waals surface area (Å²) in [5.41, 5.74) is 2.06. The Hall–Kier alpha value is -3.30. The first-order chi connectivity index (χ1) is 16.5. The molecule has 4 aromatic rings. The van der Waals surface area contributed by atoms with Gasteiger partial charge in [-0.15, -0.1) is 11.3 Å². The number of hydrogen-bond donors (Lipinski definition) is 2. The fourth-order valence-electron chi connectivity index (χ4n) is 4.11. The number of hydrogen-bond acceptors (Lipinski definition) is 5. The first kappa shape index (κ1) is 22.5. The summed E-state index contributed by atoms with van der Waals surface area (Å²) in [4.78, 5) is 39.1. The highest BCUT2D eigenvalue weighted by Crippen LogP contribution is 2.32. The van der Waals surface area contributed by atoms with E-state index in [0.29, 0.717) is 37.4 Å². The monoisotopic (exact) mass is 497 g/mol. The van der Waals surface area contributed by atoms with E-state index in [0.717, 1.165) is 16.0 Å². The fraction of sp³-hybridized carbons (Fsp3) is 0.250. The zero-order chi connectivity index (χ0) is 23.7. The van der Waals surface area contributed by atoms with Crippen LogP contribution in [0.4, 0.5) is 4.39 Å². The molecule has 2 amide bonds. The molecule has 2 N–H and O–H groups in total. The van der Waals surface area contributed by atoms with Gasteiger partial charge in [-0.1, -0.05) is 29.8 Å². The molecule has 0 radical (unpaired) electrons. The van der Waals surface area contributed by atoms with Crippen LogP contribution in [0.3, 0.4) is 0 Å². The summed E-state index contributed by atoms with van der Waals surface area (Å²) in [6, 6.07) is 11.9. The van der Waals surface area contributed by atoms with Crippen molar-refractivity contribution in [2.45, 2.75) is 25.3 Å². The minimum Gasteiger partial charge on any atom is -0.343 e. The number of benzene rings is 2. The maximum absolute atomic E-state index is 14.1. The Morgan fingerprint density at radius 2 is 1.94 bits per heavy atom. The van der Waals surface area contributed by atoms with E-state index in [2.05, 4.69) is 20.3 Å². The van der Waals surface area contributed by atoms with E-state index in [1.807, 2.05) is 24.3 Å². The van der Waals surface area contributed by atoms with E-state index >= 15 is 0 Å². The van der Waals surface area contributed by atoms with Crippen molar-refractivity contribution in [3.8, 4) is 0 Å². The highest BCUT2D eigenvalue weighted by Gasteiger charge is 2.29. The van der Waals surface area contributed by atoms with Crippen LogP contribution in [0.1, 0.15) is 50.4 Å². The number of piperidine rings is 1. The maximum Gasteiger partial charge on any atom is 0.271 e. The van der Waals surface area contributed by atoms with Crippen molar-refractivity contribution in [2.75, 3.05) is 13.1 Å². The molecular formula is C24H21ClFN5O2S. The number of imidazole rings is 1. The summed E-state index contributed by atoms with van der Waals surface area (Å²) in [5, 5.41) is 5.59. The Morgan fingerprint density at radius 3 is 2.71 bits per heavy atom. The lowest BCUT2D eigenvalue weighted by Crippen LogP contribution is -2.38. The predicted octanol–water partition coefficient (Wildman–Crippen LogP) is 4.76. The lowest BCUT2D eigenvalue weighted by Gasteiger charge is -2.31. The predicted molar refractivity (Wildman–Crippen MR) is 129 cm³/mol. The second-order valence-electron chi connectivity index (χ2n) is 8.12. The van der Waals surface area contributed by atoms with Crippen LogP contribution < -0.4 is 5.32 Å². The van der Waals surface area contributed by atoms with Gasteiger partial charge in [0.25, 0.3) is 11.8 Å². The standard InChI is InChI=1S/C24H21ClFN5O2S/c25-15-4-3-5-16(26)21(15)24(33)31-10-8-14(9-11-31)23-30-19(13-34-23)22(32)27-12-20-28-17-6-1-2-7-18(17)29-20/h1-7,13-14H,8-12H2,(H,27,32)(H,28,29). The molecule has 1 fully saturated rings. The number of nitrogens with one attached hydrogen (secondary N) is 2. The number of nitrogens with zero attached hydrogens (tertiary/aromatic N) is 3. The average Bonchev–Trinajstić information content (AvgIpc) is 3.50. The van der Waals surface area contributed by atoms with Gasteiger partial charge in [0.05, 0.1) is 33.2 Å². The van der Waals surface area contributed by atoms with Crippen molar-refractivity contribution < 1.29 is 14.0 Å². The van der Waals surface area contributed by atoms with E-state index in [-0.39, 0.29) is 29.0 Å². The molecule has 7 nitrogen and oxygen atoms in total. The van der Waals surface area contributed by atoms with Crippen molar-refractivity contribution in [3.63, 3.8) is 0 Å². The van der Waals surface area contributed by atoms with Crippen LogP contribution in [-0.2, 0) is 6.54 Å². The third kappa shape index (κ3) is 4.53. The number of aromatic nitrogens is 3. The number of carbonyl (C=O) groups is 2. The van der Waals surface area contributed by atoms with E-state index in [9.17, 15) is 14.0 Å². The molecule has 5 rings (SSSR count). The Bertz CT molecular complexity index is 1310. The minimum atomic E-state index is -0.613. The SMILES string of the molecule is O=C(NCc1nc2ccccc2[nH]1)c1csc(C2CCN(C(=O)c3c(F)cccc3Cl)CC2)n1. The number of aromatic amines is 1. The van der Waals surface area contributed by atoms with Crippen LogP contribution in [0.15, 0.2) is 47.8 Å². The molecule has 2 aromatic carbocycles. The number of para-hydroxylation sites is 2. The zero-order valence-electron chi connectivity index (χ0n) is 18.1. The molecule has 0 unspecified atom stereocenters. The minimum absolute atomic E-state index is 0.0831. The summed E-state index contributed by atoms with van der Waals surface area (Å²) >= 11 is 7.49. The quantitative estimate of drug-likeness (QED) is 0.416. The van der Waals surface area contributed by atoms with E-state index in [1.54, 1.807) is 10.3 Å². The van der Waals surface area contributed by atoms with Gasteiger partial charge in [0.1, 0.15) is 17.3 Å². The van der Waals surface area contributed by atoms with Gasteiger partial charge in [-0.2, -0.15) is 0 Å². The highest BCUT2D eigenvalue weighted by molar-refractivity contribution is 7.09. The van der Waals surface area contributed by atoms with Crippen LogP contribution in [0.5, 0.6) is 0 Å². The number of fused-ring (bicyclic) bond motifs is 1. The Morgan fingerprint density at radius 1 is 1.15 bits per heavy atom. The molecule has 0 bridgehead atoms. The normalized spacial score (nSPS) is 14.5. The van der Waals surface area contributed by atoms with Crippen LogP contribution in [0, 0.1) is 5.82 Å². The van der Waals surface area contributed by atoms with Gasteiger partial charge in [0.2, 0.25) is 0 Å². The van der Waals surface area contributed by atoms with Gasteiger partial charge in [-0.25, -0.2) is 14.4 Å². The summed E-state index contributed by atoms with van der Waals surface area (Å²) in [7, 11) is 0. The van der Waals surface area contributed by atoms with Gasteiger partial charge in [0, 0.05) is 24.4 Å². The molecule has 0 saturated carbocycles. The highest BCUT2D eigenvalue weighted by atomic mass is 35.5. The van der Waals surface area contributed by atoms with Crippen molar-refractivity contribution in [1.82, 2.24) is 25.2 Å². The van der Waals surface area contributed by atoms with Crippen LogP contribution >= 0.6 is 22.9 Å². The molecule has 1 aliphatic rings. The molecule has 0 spiro atoms. The smallest absolute Gasteiger partial charge is 0.271 e. The Balaban J connectivity index is 1.17. The average molecular weight is 498 g/mol. The van der Waals surface area contributed by atoms with Gasteiger partial charge < -0.3 is 15.2 Å². The molecule has 3 heterocycles. The lowest BCUT2D eigenvalue weighted by molar-refractivity contribution is 0.0708. The van der Waals surface area contributed by atoms with Gasteiger partial charge in [-0.3, -0.25) is 9.59 Å².